The Bertz CT molecular complexity index is 577. The van der Waals surface area contributed by atoms with Crippen LogP contribution in [0.15, 0.2) is 18.2 Å². The fourth-order valence-electron chi connectivity index (χ4n) is 2.77. The molecule has 0 radical (unpaired) electrons. The lowest BCUT2D eigenvalue weighted by atomic mass is 10.0. The molecule has 2 N–H and O–H groups in total. The molecule has 2 rings (SSSR count). The smallest absolute Gasteiger partial charge is 0.222 e. The van der Waals surface area contributed by atoms with Gasteiger partial charge < -0.3 is 15.3 Å². The van der Waals surface area contributed by atoms with Crippen LogP contribution in [0.3, 0.4) is 0 Å². The summed E-state index contributed by atoms with van der Waals surface area (Å²) >= 11 is 5.87. The molecule has 0 spiro atoms. The summed E-state index contributed by atoms with van der Waals surface area (Å²) < 4.78 is 0. The second-order valence-electron chi connectivity index (χ2n) is 5.89. The minimum atomic E-state index is 0.0306. The summed E-state index contributed by atoms with van der Waals surface area (Å²) in [6.45, 7) is 3.15. The normalized spacial score (nSPS) is 17.8. The fraction of sp³-hybridized carbons (Fsp3) is 0.529. The highest BCUT2D eigenvalue weighted by atomic mass is 35.5. The van der Waals surface area contributed by atoms with Gasteiger partial charge in [-0.05, 0) is 37.0 Å². The SMILES string of the molecule is CCC(=O)N[C@H]1CCCN(C(=O)CCc2ccc(O)c(Cl)c2)C1. The predicted molar refractivity (Wildman–Crippen MR) is 89.5 cm³/mol. The van der Waals surface area contributed by atoms with Gasteiger partial charge in [0.2, 0.25) is 11.8 Å². The highest BCUT2D eigenvalue weighted by Gasteiger charge is 2.24. The fourth-order valence-corrected chi connectivity index (χ4v) is 2.97. The Morgan fingerprint density at radius 2 is 2.22 bits per heavy atom. The molecule has 23 heavy (non-hydrogen) atoms. The van der Waals surface area contributed by atoms with Crippen LogP contribution in [0.2, 0.25) is 5.02 Å². The second-order valence-corrected chi connectivity index (χ2v) is 6.29. The summed E-state index contributed by atoms with van der Waals surface area (Å²) in [6.07, 6.45) is 3.28. The van der Waals surface area contributed by atoms with Gasteiger partial charge in [0.1, 0.15) is 5.75 Å². The molecule has 1 saturated heterocycles. The maximum absolute atomic E-state index is 12.4. The average Bonchev–Trinajstić information content (AvgIpc) is 2.55. The number of nitrogens with one attached hydrogen (secondary N) is 1. The van der Waals surface area contributed by atoms with Crippen LogP contribution in [0.5, 0.6) is 5.75 Å². The van der Waals surface area contributed by atoms with Gasteiger partial charge in [-0.25, -0.2) is 0 Å². The third kappa shape index (κ3) is 5.13. The van der Waals surface area contributed by atoms with Crippen molar-refractivity contribution in [3.05, 3.63) is 28.8 Å². The molecule has 5 nitrogen and oxygen atoms in total. The van der Waals surface area contributed by atoms with E-state index in [-0.39, 0.29) is 23.6 Å². The van der Waals surface area contributed by atoms with E-state index in [1.807, 2.05) is 11.8 Å². The van der Waals surface area contributed by atoms with E-state index >= 15 is 0 Å². The van der Waals surface area contributed by atoms with E-state index in [4.69, 9.17) is 11.6 Å². The second kappa shape index (κ2) is 8.20. The molecule has 6 heteroatoms. The van der Waals surface area contributed by atoms with E-state index in [1.54, 1.807) is 18.2 Å². The molecule has 0 saturated carbocycles. The number of amides is 2. The number of rotatable bonds is 5. The predicted octanol–water partition coefficient (Wildman–Crippen LogP) is 2.50. The lowest BCUT2D eigenvalue weighted by Gasteiger charge is -2.33. The van der Waals surface area contributed by atoms with Crippen molar-refractivity contribution in [2.75, 3.05) is 13.1 Å². The van der Waals surface area contributed by atoms with Crippen LogP contribution < -0.4 is 5.32 Å². The molecule has 0 bridgehead atoms. The molecule has 0 unspecified atom stereocenters. The summed E-state index contributed by atoms with van der Waals surface area (Å²) in [6, 6.07) is 5.06. The first-order chi connectivity index (χ1) is 11.0. The van der Waals surface area contributed by atoms with Crippen LogP contribution in [-0.4, -0.2) is 41.0 Å². The van der Waals surface area contributed by atoms with Crippen molar-refractivity contribution in [2.45, 2.75) is 45.1 Å². The number of halogens is 1. The topological polar surface area (TPSA) is 69.6 Å². The molecule has 0 aromatic heterocycles. The van der Waals surface area contributed by atoms with Crippen molar-refractivity contribution in [1.29, 1.82) is 0 Å². The van der Waals surface area contributed by atoms with Gasteiger partial charge >= 0.3 is 0 Å². The summed E-state index contributed by atoms with van der Waals surface area (Å²) in [5.41, 5.74) is 0.925. The Balaban J connectivity index is 1.84. The molecule has 1 aliphatic heterocycles. The number of likely N-dealkylation sites (tertiary alicyclic amines) is 1. The zero-order chi connectivity index (χ0) is 16.8. The van der Waals surface area contributed by atoms with Crippen LogP contribution in [0.1, 0.15) is 38.2 Å². The zero-order valence-corrected chi connectivity index (χ0v) is 14.1. The standard InChI is InChI=1S/C17H23ClN2O3/c1-2-16(22)19-13-4-3-9-20(11-13)17(23)8-6-12-5-7-15(21)14(18)10-12/h5,7,10,13,21H,2-4,6,8-9,11H2,1H3,(H,19,22)/t13-/m0/s1. The Morgan fingerprint density at radius 3 is 2.91 bits per heavy atom. The minimum absolute atomic E-state index is 0.0306. The molecule has 2 amide bonds. The van der Waals surface area contributed by atoms with Crippen LogP contribution in [0.25, 0.3) is 0 Å². The highest BCUT2D eigenvalue weighted by Crippen LogP contribution is 2.24. The quantitative estimate of drug-likeness (QED) is 0.866. The average molecular weight is 339 g/mol. The highest BCUT2D eigenvalue weighted by molar-refractivity contribution is 6.32. The number of aromatic hydroxyl groups is 1. The number of hydrogen-bond donors (Lipinski definition) is 2. The van der Waals surface area contributed by atoms with Crippen LogP contribution in [0.4, 0.5) is 0 Å². The van der Waals surface area contributed by atoms with Gasteiger partial charge in [-0.15, -0.1) is 0 Å². The van der Waals surface area contributed by atoms with Gasteiger partial charge in [0.05, 0.1) is 5.02 Å². The Kier molecular flexibility index (Phi) is 6.28. The molecule has 1 fully saturated rings. The van der Waals surface area contributed by atoms with Gasteiger partial charge in [0.15, 0.2) is 0 Å². The maximum Gasteiger partial charge on any atom is 0.222 e. The van der Waals surface area contributed by atoms with Gasteiger partial charge in [-0.1, -0.05) is 24.6 Å². The zero-order valence-electron chi connectivity index (χ0n) is 13.3. The molecular weight excluding hydrogens is 316 g/mol. The molecule has 126 valence electrons. The minimum Gasteiger partial charge on any atom is -0.506 e. The lowest BCUT2D eigenvalue weighted by Crippen LogP contribution is -2.49. The van der Waals surface area contributed by atoms with Crippen molar-refractivity contribution in [1.82, 2.24) is 10.2 Å². The first-order valence-electron chi connectivity index (χ1n) is 8.04. The molecule has 1 aromatic carbocycles. The number of piperidine rings is 1. The number of phenols is 1. The third-order valence-electron chi connectivity index (χ3n) is 4.10. The number of carbonyl (C=O) groups is 2. The van der Waals surface area contributed by atoms with Gasteiger partial charge in [0, 0.05) is 32.0 Å². The molecular formula is C17H23ClN2O3. The largest absolute Gasteiger partial charge is 0.506 e. The Hall–Kier alpha value is -1.75. The van der Waals surface area contributed by atoms with Gasteiger partial charge in [-0.2, -0.15) is 0 Å². The summed E-state index contributed by atoms with van der Waals surface area (Å²) in [5, 5.41) is 12.7. The van der Waals surface area contributed by atoms with Gasteiger partial charge in [0.25, 0.3) is 0 Å². The third-order valence-corrected chi connectivity index (χ3v) is 4.40. The first kappa shape index (κ1) is 17.6. The number of nitrogens with zero attached hydrogens (tertiary/aromatic N) is 1. The number of carbonyl (C=O) groups excluding carboxylic acids is 2. The van der Waals surface area contributed by atoms with Crippen molar-refractivity contribution in [3.63, 3.8) is 0 Å². The van der Waals surface area contributed by atoms with Gasteiger partial charge in [-0.3, -0.25) is 9.59 Å². The van der Waals surface area contributed by atoms with E-state index in [1.165, 1.54) is 0 Å². The van der Waals surface area contributed by atoms with E-state index in [0.29, 0.717) is 30.8 Å². The van der Waals surface area contributed by atoms with Crippen molar-refractivity contribution in [2.24, 2.45) is 0 Å². The van der Waals surface area contributed by atoms with Crippen molar-refractivity contribution < 1.29 is 14.7 Å². The summed E-state index contributed by atoms with van der Waals surface area (Å²) in [5.74, 6) is 0.167. The summed E-state index contributed by atoms with van der Waals surface area (Å²) in [7, 11) is 0. The van der Waals surface area contributed by atoms with Crippen molar-refractivity contribution >= 4 is 23.4 Å². The number of hydrogen-bond acceptors (Lipinski definition) is 3. The van der Waals surface area contributed by atoms with E-state index in [9.17, 15) is 14.7 Å². The molecule has 1 atom stereocenters. The summed E-state index contributed by atoms with van der Waals surface area (Å²) in [4.78, 5) is 25.7. The van der Waals surface area contributed by atoms with Crippen LogP contribution in [0, 0.1) is 0 Å². The van der Waals surface area contributed by atoms with Crippen molar-refractivity contribution in [3.8, 4) is 5.75 Å². The van der Waals surface area contributed by atoms with Crippen LogP contribution in [-0.2, 0) is 16.0 Å². The first-order valence-corrected chi connectivity index (χ1v) is 8.42. The lowest BCUT2D eigenvalue weighted by molar-refractivity contribution is -0.133. The number of benzene rings is 1. The van der Waals surface area contributed by atoms with E-state index in [0.717, 1.165) is 24.9 Å². The number of aryl methyl sites for hydroxylation is 1. The number of phenolic OH excluding ortho intramolecular Hbond substituents is 1. The molecule has 0 aliphatic carbocycles. The monoisotopic (exact) mass is 338 g/mol. The van der Waals surface area contributed by atoms with Crippen LogP contribution >= 0.6 is 11.6 Å². The Morgan fingerprint density at radius 1 is 1.43 bits per heavy atom. The van der Waals surface area contributed by atoms with E-state index in [2.05, 4.69) is 5.32 Å². The maximum atomic E-state index is 12.4. The Labute approximate surface area is 141 Å². The van der Waals surface area contributed by atoms with E-state index < -0.39 is 0 Å². The molecule has 1 heterocycles. The molecule has 1 aliphatic rings. The molecule has 1 aromatic rings.